The van der Waals surface area contributed by atoms with Crippen molar-refractivity contribution in [2.45, 2.75) is 6.92 Å². The Morgan fingerprint density at radius 3 is 2.39 bits per heavy atom. The summed E-state index contributed by atoms with van der Waals surface area (Å²) in [6, 6.07) is 7.58. The summed E-state index contributed by atoms with van der Waals surface area (Å²) in [5, 5.41) is 2.72. The number of benzene rings is 2. The highest BCUT2D eigenvalue weighted by molar-refractivity contribution is 9.10. The van der Waals surface area contributed by atoms with Gasteiger partial charge in [0.2, 0.25) is 0 Å². The number of nitrogens with one attached hydrogen (secondary N) is 1. The van der Waals surface area contributed by atoms with E-state index in [1.165, 1.54) is 0 Å². The summed E-state index contributed by atoms with van der Waals surface area (Å²) in [5.41, 5.74) is 6.76. The van der Waals surface area contributed by atoms with E-state index in [9.17, 15) is 8.78 Å². The van der Waals surface area contributed by atoms with Crippen LogP contribution in [0.3, 0.4) is 0 Å². The normalized spacial score (nSPS) is 10.4. The lowest BCUT2D eigenvalue weighted by molar-refractivity contribution is 0.592. The van der Waals surface area contributed by atoms with Crippen LogP contribution in [-0.2, 0) is 0 Å². The molecular formula is C13H11BrF2N2. The van der Waals surface area contributed by atoms with Gasteiger partial charge in [0, 0.05) is 10.2 Å². The Balaban J connectivity index is 2.43. The van der Waals surface area contributed by atoms with E-state index in [0.29, 0.717) is 5.69 Å². The molecule has 3 N–H and O–H groups in total. The summed E-state index contributed by atoms with van der Waals surface area (Å²) in [6.45, 7) is 1.89. The maximum Gasteiger partial charge on any atom is 0.151 e. The zero-order valence-corrected chi connectivity index (χ0v) is 11.2. The highest BCUT2D eigenvalue weighted by Gasteiger charge is 2.12. The van der Waals surface area contributed by atoms with Crippen molar-refractivity contribution in [3.63, 3.8) is 0 Å². The lowest BCUT2D eigenvalue weighted by Crippen LogP contribution is -2.00. The van der Waals surface area contributed by atoms with E-state index in [1.54, 1.807) is 12.1 Å². The average molecular weight is 313 g/mol. The Kier molecular flexibility index (Phi) is 3.52. The first-order valence-electron chi connectivity index (χ1n) is 5.25. The number of nitrogen functional groups attached to an aromatic ring is 1. The molecule has 0 unspecified atom stereocenters. The topological polar surface area (TPSA) is 38.0 Å². The fourth-order valence-electron chi connectivity index (χ4n) is 1.59. The molecule has 0 fully saturated rings. The average Bonchev–Trinajstić information content (AvgIpc) is 2.28. The van der Waals surface area contributed by atoms with E-state index in [4.69, 9.17) is 5.73 Å². The molecular weight excluding hydrogens is 302 g/mol. The number of aryl methyl sites for hydroxylation is 1. The van der Waals surface area contributed by atoms with Crippen molar-refractivity contribution < 1.29 is 8.78 Å². The molecule has 2 aromatic rings. The molecule has 0 aliphatic heterocycles. The Morgan fingerprint density at radius 2 is 1.78 bits per heavy atom. The van der Waals surface area contributed by atoms with Gasteiger partial charge < -0.3 is 11.1 Å². The summed E-state index contributed by atoms with van der Waals surface area (Å²) >= 11 is 3.37. The molecule has 0 amide bonds. The smallest absolute Gasteiger partial charge is 0.151 e. The van der Waals surface area contributed by atoms with Gasteiger partial charge in [0.25, 0.3) is 0 Å². The molecule has 0 saturated heterocycles. The first kappa shape index (κ1) is 12.8. The largest absolute Gasteiger partial charge is 0.399 e. The molecule has 2 nitrogen and oxygen atoms in total. The number of anilines is 3. The molecule has 18 heavy (non-hydrogen) atoms. The van der Waals surface area contributed by atoms with Crippen LogP contribution in [0.5, 0.6) is 0 Å². The minimum Gasteiger partial charge on any atom is -0.399 e. The number of nitrogens with two attached hydrogens (primary N) is 1. The Hall–Kier alpha value is -1.62. The SMILES string of the molecule is Cc1cccc(Nc2c(F)cc(N)cc2F)c1Br. The van der Waals surface area contributed by atoms with Gasteiger partial charge in [-0.15, -0.1) is 0 Å². The summed E-state index contributed by atoms with van der Waals surface area (Å²) in [6.07, 6.45) is 0. The molecule has 0 bridgehead atoms. The second-order valence-corrected chi connectivity index (χ2v) is 4.71. The number of hydrogen-bond acceptors (Lipinski definition) is 2. The molecule has 5 heteroatoms. The van der Waals surface area contributed by atoms with Gasteiger partial charge in [-0.1, -0.05) is 12.1 Å². The lowest BCUT2D eigenvalue weighted by Gasteiger charge is -2.12. The fraction of sp³-hybridized carbons (Fsp3) is 0.0769. The molecule has 94 valence electrons. The summed E-state index contributed by atoms with van der Waals surface area (Å²) in [7, 11) is 0. The van der Waals surface area contributed by atoms with Crippen molar-refractivity contribution in [3.05, 3.63) is 52.0 Å². The number of rotatable bonds is 2. The van der Waals surface area contributed by atoms with E-state index < -0.39 is 11.6 Å². The third-order valence-electron chi connectivity index (χ3n) is 2.52. The molecule has 0 aliphatic rings. The molecule has 0 radical (unpaired) electrons. The van der Waals surface area contributed by atoms with Gasteiger partial charge in [0.1, 0.15) is 5.69 Å². The second-order valence-electron chi connectivity index (χ2n) is 3.92. The summed E-state index contributed by atoms with van der Waals surface area (Å²) < 4.78 is 28.0. The fourth-order valence-corrected chi connectivity index (χ4v) is 1.95. The maximum atomic E-state index is 13.6. The van der Waals surface area contributed by atoms with Gasteiger partial charge in [-0.05, 0) is 46.6 Å². The predicted molar refractivity (Wildman–Crippen MR) is 72.9 cm³/mol. The van der Waals surface area contributed by atoms with Crippen LogP contribution in [0.15, 0.2) is 34.8 Å². The van der Waals surface area contributed by atoms with E-state index in [2.05, 4.69) is 21.2 Å². The van der Waals surface area contributed by atoms with E-state index in [1.807, 2.05) is 13.0 Å². The van der Waals surface area contributed by atoms with Gasteiger partial charge in [-0.2, -0.15) is 0 Å². The van der Waals surface area contributed by atoms with Crippen molar-refractivity contribution in [2.24, 2.45) is 0 Å². The zero-order valence-electron chi connectivity index (χ0n) is 9.60. The highest BCUT2D eigenvalue weighted by atomic mass is 79.9. The predicted octanol–water partition coefficient (Wildman–Crippen LogP) is 4.36. The third kappa shape index (κ3) is 2.46. The van der Waals surface area contributed by atoms with Crippen LogP contribution in [0.1, 0.15) is 5.56 Å². The van der Waals surface area contributed by atoms with Crippen molar-refractivity contribution in [1.29, 1.82) is 0 Å². The standard InChI is InChI=1S/C13H11BrF2N2/c1-7-3-2-4-11(12(7)14)18-13-9(15)5-8(17)6-10(13)16/h2-6,18H,17H2,1H3. The number of halogens is 3. The highest BCUT2D eigenvalue weighted by Crippen LogP contribution is 2.31. The van der Waals surface area contributed by atoms with Crippen LogP contribution in [0, 0.1) is 18.6 Å². The molecule has 0 spiro atoms. The Bertz CT molecular complexity index is 577. The first-order chi connectivity index (χ1) is 8.49. The molecule has 0 aliphatic carbocycles. The van der Waals surface area contributed by atoms with Crippen molar-refractivity contribution in [1.82, 2.24) is 0 Å². The molecule has 0 heterocycles. The Morgan fingerprint density at radius 1 is 1.17 bits per heavy atom. The third-order valence-corrected chi connectivity index (χ3v) is 3.57. The van der Waals surface area contributed by atoms with Crippen molar-refractivity contribution >= 4 is 33.0 Å². The molecule has 2 rings (SSSR count). The summed E-state index contributed by atoms with van der Waals surface area (Å²) in [5.74, 6) is -1.44. The second kappa shape index (κ2) is 4.94. The van der Waals surface area contributed by atoms with Crippen LogP contribution in [0.4, 0.5) is 25.8 Å². The first-order valence-corrected chi connectivity index (χ1v) is 6.05. The number of hydrogen-bond donors (Lipinski definition) is 2. The van der Waals surface area contributed by atoms with Crippen molar-refractivity contribution in [3.8, 4) is 0 Å². The van der Waals surface area contributed by atoms with Crippen LogP contribution in [0.25, 0.3) is 0 Å². The molecule has 0 atom stereocenters. The minimum atomic E-state index is -0.721. The quantitative estimate of drug-likeness (QED) is 0.808. The van der Waals surface area contributed by atoms with Crippen LogP contribution < -0.4 is 11.1 Å². The van der Waals surface area contributed by atoms with Gasteiger partial charge in [-0.3, -0.25) is 0 Å². The van der Waals surface area contributed by atoms with Crippen LogP contribution >= 0.6 is 15.9 Å². The lowest BCUT2D eigenvalue weighted by atomic mass is 10.2. The van der Waals surface area contributed by atoms with Crippen molar-refractivity contribution in [2.75, 3.05) is 11.1 Å². The van der Waals surface area contributed by atoms with E-state index >= 15 is 0 Å². The van der Waals surface area contributed by atoms with Gasteiger partial charge in [0.15, 0.2) is 11.6 Å². The maximum absolute atomic E-state index is 13.6. The minimum absolute atomic E-state index is 0.0545. The van der Waals surface area contributed by atoms with Crippen LogP contribution in [-0.4, -0.2) is 0 Å². The van der Waals surface area contributed by atoms with E-state index in [0.717, 1.165) is 22.2 Å². The molecule has 0 saturated carbocycles. The van der Waals surface area contributed by atoms with Gasteiger partial charge in [0.05, 0.1) is 5.69 Å². The zero-order chi connectivity index (χ0) is 13.3. The summed E-state index contributed by atoms with van der Waals surface area (Å²) in [4.78, 5) is 0. The van der Waals surface area contributed by atoms with E-state index in [-0.39, 0.29) is 11.4 Å². The monoisotopic (exact) mass is 312 g/mol. The molecule has 2 aromatic carbocycles. The van der Waals surface area contributed by atoms with Crippen LogP contribution in [0.2, 0.25) is 0 Å². The molecule has 0 aromatic heterocycles. The Labute approximate surface area is 112 Å². The van der Waals surface area contributed by atoms with Gasteiger partial charge in [-0.25, -0.2) is 8.78 Å². The van der Waals surface area contributed by atoms with Gasteiger partial charge >= 0.3 is 0 Å².